The Morgan fingerprint density at radius 2 is 1.72 bits per heavy atom. The molecule has 4 aliphatic carbocycles. The van der Waals surface area contributed by atoms with Crippen LogP contribution in [0.2, 0.25) is 0 Å². The number of amides is 1. The van der Waals surface area contributed by atoms with Gasteiger partial charge in [-0.3, -0.25) is 9.79 Å². The summed E-state index contributed by atoms with van der Waals surface area (Å²) in [7, 11) is -4.69. The van der Waals surface area contributed by atoms with Crippen LogP contribution in [0.15, 0.2) is 35.9 Å². The molecule has 9 nitrogen and oxygen atoms in total. The molecule has 0 spiro atoms. The molecule has 10 heteroatoms. The number of allylic oxidation sites excluding steroid dienone is 1. The van der Waals surface area contributed by atoms with E-state index in [1.165, 1.54) is 74.8 Å². The van der Waals surface area contributed by atoms with Crippen molar-refractivity contribution in [1.82, 2.24) is 5.32 Å². The van der Waals surface area contributed by atoms with E-state index in [1.54, 1.807) is 0 Å². The second kappa shape index (κ2) is 14.2. The molecule has 4 N–H and O–H groups in total. The van der Waals surface area contributed by atoms with Crippen LogP contribution in [-0.4, -0.2) is 39.1 Å². The number of fused-ring (bicyclic) bond motifs is 5. The Hall–Kier alpha value is -2.35. The molecule has 4 unspecified atom stereocenters. The maximum absolute atomic E-state index is 12.9. The van der Waals surface area contributed by atoms with Gasteiger partial charge in [-0.15, -0.1) is 0 Å². The third kappa shape index (κ3) is 8.11. The Balaban J connectivity index is 1.17. The minimum atomic E-state index is -4.69. The molecule has 0 aromatic heterocycles. The normalized spacial score (nSPS) is 33.1. The lowest BCUT2D eigenvalue weighted by molar-refractivity contribution is -0.139. The van der Waals surface area contributed by atoms with E-state index >= 15 is 0 Å². The first-order chi connectivity index (χ1) is 22.1. The molecule has 1 aromatic rings. The zero-order chi connectivity index (χ0) is 34.1. The molecule has 0 saturated heterocycles. The van der Waals surface area contributed by atoms with Gasteiger partial charge in [-0.25, -0.2) is 14.2 Å². The van der Waals surface area contributed by atoms with Crippen LogP contribution in [-0.2, 0) is 20.5 Å². The van der Waals surface area contributed by atoms with Crippen LogP contribution >= 0.6 is 7.82 Å². The largest absolute Gasteiger partial charge is 0.524 e. The van der Waals surface area contributed by atoms with Crippen molar-refractivity contribution in [3.8, 4) is 5.75 Å². The van der Waals surface area contributed by atoms with Gasteiger partial charge in [0.15, 0.2) is 0 Å². The first-order valence-electron chi connectivity index (χ1n) is 17.8. The fourth-order valence-corrected chi connectivity index (χ4v) is 10.7. The van der Waals surface area contributed by atoms with E-state index in [4.69, 9.17) is 14.5 Å². The van der Waals surface area contributed by atoms with Crippen molar-refractivity contribution in [3.05, 3.63) is 41.5 Å². The van der Waals surface area contributed by atoms with E-state index in [-0.39, 0.29) is 23.7 Å². The van der Waals surface area contributed by atoms with Crippen LogP contribution in [0, 0.1) is 46.3 Å². The van der Waals surface area contributed by atoms with Gasteiger partial charge in [-0.2, -0.15) is 0 Å². The number of carboxylic acid groups (broad SMARTS) is 1. The van der Waals surface area contributed by atoms with Gasteiger partial charge in [0.25, 0.3) is 0 Å². The lowest BCUT2D eigenvalue weighted by Gasteiger charge is -2.58. The standard InChI is InChI=1S/C37H56NO8P/c1-23(2)7-6-8-24(3)30-15-16-31-29-14-11-26-22-28(17-19-36(26,4)32(29)18-20-37(30,31)5)45-35(41)38-33(34(39)40)21-25-9-12-27(13-10-25)46-47(42,43)44/h9-13,23-24,28-33H,6-8,14-22H2,1-5H3,(H,38,41)(H,39,40)(H2,42,43,44)/t24-,28?,29?,30-,31+,32+,33?,36+,37?/m1/s1. The van der Waals surface area contributed by atoms with Crippen molar-refractivity contribution in [2.24, 2.45) is 46.3 Å². The second-order valence-electron chi connectivity index (χ2n) is 16.0. The minimum Gasteiger partial charge on any atom is -0.480 e. The quantitative estimate of drug-likeness (QED) is 0.128. The third-order valence-corrected chi connectivity index (χ3v) is 13.2. The van der Waals surface area contributed by atoms with Crippen molar-refractivity contribution in [1.29, 1.82) is 0 Å². The molecule has 1 amide bonds. The van der Waals surface area contributed by atoms with Gasteiger partial charge in [0.2, 0.25) is 0 Å². The Morgan fingerprint density at radius 1 is 1.00 bits per heavy atom. The van der Waals surface area contributed by atoms with Crippen molar-refractivity contribution in [3.63, 3.8) is 0 Å². The molecule has 0 radical (unpaired) electrons. The maximum atomic E-state index is 12.9. The molecular formula is C37H56NO8P. The molecule has 3 fully saturated rings. The number of hydrogen-bond donors (Lipinski definition) is 4. The highest BCUT2D eigenvalue weighted by atomic mass is 31.2. The van der Waals surface area contributed by atoms with Crippen molar-refractivity contribution in [2.45, 2.75) is 124 Å². The Bertz CT molecular complexity index is 1360. The van der Waals surface area contributed by atoms with Crippen LogP contribution < -0.4 is 9.84 Å². The molecule has 9 atom stereocenters. The summed E-state index contributed by atoms with van der Waals surface area (Å²) in [6.45, 7) is 12.3. The van der Waals surface area contributed by atoms with E-state index in [0.29, 0.717) is 23.3 Å². The van der Waals surface area contributed by atoms with Gasteiger partial charge < -0.3 is 19.7 Å². The fourth-order valence-electron chi connectivity index (χ4n) is 10.3. The number of benzene rings is 1. The van der Waals surface area contributed by atoms with E-state index < -0.39 is 25.9 Å². The number of carbonyl (C=O) groups excluding carboxylic acids is 1. The van der Waals surface area contributed by atoms with E-state index in [2.05, 4.69) is 50.5 Å². The summed E-state index contributed by atoms with van der Waals surface area (Å²) in [5.41, 5.74) is 2.54. The average Bonchev–Trinajstić information content (AvgIpc) is 3.34. The maximum Gasteiger partial charge on any atom is 0.524 e. The SMILES string of the molecule is CC(C)CCC[C@@H](C)[C@H]1CC[C@H]2C3CC=C4CC(OC(=O)NC(Cc5ccc(OP(=O)(O)O)cc5)C(=O)O)CC[C@]4(C)[C@H]3CCC12C. The average molecular weight is 674 g/mol. The summed E-state index contributed by atoms with van der Waals surface area (Å²) in [4.78, 5) is 42.8. The number of phosphoric ester groups is 1. The smallest absolute Gasteiger partial charge is 0.480 e. The highest BCUT2D eigenvalue weighted by Crippen LogP contribution is 2.67. The zero-order valence-electron chi connectivity index (χ0n) is 28.8. The molecule has 3 saturated carbocycles. The van der Waals surface area contributed by atoms with E-state index in [9.17, 15) is 19.3 Å². The number of nitrogens with one attached hydrogen (secondary N) is 1. The molecule has 4 aliphatic rings. The van der Waals surface area contributed by atoms with Gasteiger partial charge >= 0.3 is 19.9 Å². The lowest BCUT2D eigenvalue weighted by atomic mass is 9.47. The summed E-state index contributed by atoms with van der Waals surface area (Å²) in [6.07, 6.45) is 14.3. The molecule has 5 rings (SSSR count). The van der Waals surface area contributed by atoms with E-state index in [0.717, 1.165) is 48.9 Å². The van der Waals surface area contributed by atoms with Crippen molar-refractivity contribution >= 4 is 19.9 Å². The molecule has 47 heavy (non-hydrogen) atoms. The van der Waals surface area contributed by atoms with E-state index in [1.807, 2.05) is 0 Å². The number of carbonyl (C=O) groups is 2. The Kier molecular flexibility index (Phi) is 10.9. The number of rotatable bonds is 12. The minimum absolute atomic E-state index is 0.0186. The van der Waals surface area contributed by atoms with Gasteiger partial charge in [-0.05, 0) is 109 Å². The van der Waals surface area contributed by atoms with Crippen LogP contribution in [0.4, 0.5) is 4.79 Å². The summed E-state index contributed by atoms with van der Waals surface area (Å²) >= 11 is 0. The van der Waals surface area contributed by atoms with Crippen LogP contribution in [0.1, 0.15) is 111 Å². The molecule has 0 aliphatic heterocycles. The number of carboxylic acids is 1. The summed E-state index contributed by atoms with van der Waals surface area (Å²) in [6, 6.07) is 4.49. The lowest BCUT2D eigenvalue weighted by Crippen LogP contribution is -2.51. The first kappa shape index (κ1) is 35.9. The van der Waals surface area contributed by atoms with Crippen LogP contribution in [0.25, 0.3) is 0 Å². The highest BCUT2D eigenvalue weighted by Gasteiger charge is 2.59. The molecule has 0 heterocycles. The topological polar surface area (TPSA) is 142 Å². The molecular weight excluding hydrogens is 617 g/mol. The predicted molar refractivity (Wildman–Crippen MR) is 181 cm³/mol. The zero-order valence-corrected chi connectivity index (χ0v) is 29.7. The first-order valence-corrected chi connectivity index (χ1v) is 19.4. The fraction of sp³-hybridized carbons (Fsp3) is 0.730. The molecule has 1 aromatic carbocycles. The predicted octanol–water partition coefficient (Wildman–Crippen LogP) is 8.29. The number of alkyl carbamates (subject to hydrolysis) is 1. The van der Waals surface area contributed by atoms with Crippen molar-refractivity contribution in [2.75, 3.05) is 0 Å². The molecule has 0 bridgehead atoms. The van der Waals surface area contributed by atoms with Gasteiger partial charge in [-0.1, -0.05) is 77.7 Å². The van der Waals surface area contributed by atoms with Crippen molar-refractivity contribution < 1.29 is 38.3 Å². The Morgan fingerprint density at radius 3 is 2.38 bits per heavy atom. The Labute approximate surface area is 280 Å². The monoisotopic (exact) mass is 673 g/mol. The molecule has 262 valence electrons. The second-order valence-corrected chi connectivity index (χ2v) is 17.2. The summed E-state index contributed by atoms with van der Waals surface area (Å²) in [5.74, 6) is 3.35. The number of hydrogen-bond acceptors (Lipinski definition) is 5. The third-order valence-electron chi connectivity index (χ3n) is 12.7. The number of ether oxygens (including phenoxy) is 1. The van der Waals surface area contributed by atoms with Gasteiger partial charge in [0, 0.05) is 12.8 Å². The van der Waals surface area contributed by atoms with Crippen LogP contribution in [0.5, 0.6) is 5.75 Å². The van der Waals surface area contributed by atoms with Crippen LogP contribution in [0.3, 0.4) is 0 Å². The summed E-state index contributed by atoms with van der Waals surface area (Å²) < 4.78 is 21.4. The van der Waals surface area contributed by atoms with Gasteiger partial charge in [0.1, 0.15) is 17.9 Å². The number of aliphatic carboxylic acids is 1. The van der Waals surface area contributed by atoms with Gasteiger partial charge in [0.05, 0.1) is 0 Å². The highest BCUT2D eigenvalue weighted by molar-refractivity contribution is 7.46. The summed E-state index contributed by atoms with van der Waals surface area (Å²) in [5, 5.41) is 12.3. The number of phosphoric acid groups is 1.